The second-order valence-corrected chi connectivity index (χ2v) is 5.09. The smallest absolute Gasteiger partial charge is 0.258 e. The highest BCUT2D eigenvalue weighted by molar-refractivity contribution is 7.13. The molecule has 0 radical (unpaired) electrons. The molecule has 0 aliphatic rings. The van der Waals surface area contributed by atoms with Gasteiger partial charge in [0.05, 0.1) is 4.88 Å². The van der Waals surface area contributed by atoms with Crippen molar-refractivity contribution in [2.45, 2.75) is 6.42 Å². The summed E-state index contributed by atoms with van der Waals surface area (Å²) in [7, 11) is 0. The Morgan fingerprint density at radius 1 is 1.21 bits per heavy atom. The van der Waals surface area contributed by atoms with Crippen LogP contribution in [0.25, 0.3) is 22.2 Å². The minimum absolute atomic E-state index is 0.544. The number of hydrogen-bond donors (Lipinski definition) is 1. The van der Waals surface area contributed by atoms with Crippen LogP contribution in [0.15, 0.2) is 46.3 Å². The molecule has 0 aliphatic carbocycles. The van der Waals surface area contributed by atoms with Gasteiger partial charge in [-0.2, -0.15) is 4.98 Å². The average molecular weight is 271 g/mol. The van der Waals surface area contributed by atoms with Crippen molar-refractivity contribution in [2.75, 3.05) is 6.54 Å². The Morgan fingerprint density at radius 2 is 2.16 bits per heavy atom. The Hall–Kier alpha value is -1.98. The zero-order chi connectivity index (χ0) is 13.1. The van der Waals surface area contributed by atoms with Crippen LogP contribution in [-0.2, 0) is 6.42 Å². The Morgan fingerprint density at radius 3 is 2.95 bits per heavy atom. The first-order chi connectivity index (χ1) is 9.36. The first-order valence-electron chi connectivity index (χ1n) is 6.04. The SMILES string of the molecule is NCCc1cccc(-c2nc(-c3cccs3)no2)c1. The maximum absolute atomic E-state index is 5.57. The molecule has 19 heavy (non-hydrogen) atoms. The van der Waals surface area contributed by atoms with E-state index in [1.54, 1.807) is 11.3 Å². The van der Waals surface area contributed by atoms with E-state index in [0.29, 0.717) is 18.3 Å². The number of nitrogens with two attached hydrogens (primary N) is 1. The molecule has 3 aromatic rings. The van der Waals surface area contributed by atoms with Gasteiger partial charge in [-0.1, -0.05) is 23.4 Å². The van der Waals surface area contributed by atoms with Crippen molar-refractivity contribution in [1.82, 2.24) is 10.1 Å². The lowest BCUT2D eigenvalue weighted by molar-refractivity contribution is 0.432. The maximum atomic E-state index is 5.57. The summed E-state index contributed by atoms with van der Waals surface area (Å²) in [5, 5.41) is 6.00. The van der Waals surface area contributed by atoms with Crippen LogP contribution in [0.5, 0.6) is 0 Å². The van der Waals surface area contributed by atoms with Crippen LogP contribution < -0.4 is 5.73 Å². The standard InChI is InChI=1S/C14H13N3OS/c15-7-6-10-3-1-4-11(9-10)14-16-13(17-18-14)12-5-2-8-19-12/h1-5,8-9H,6-7,15H2. The molecule has 0 fully saturated rings. The molecular formula is C14H13N3OS. The third kappa shape index (κ3) is 2.57. The number of rotatable bonds is 4. The van der Waals surface area contributed by atoms with Gasteiger partial charge >= 0.3 is 0 Å². The molecule has 0 saturated heterocycles. The third-order valence-corrected chi connectivity index (χ3v) is 3.64. The van der Waals surface area contributed by atoms with Gasteiger partial charge in [-0.05, 0) is 42.1 Å². The molecule has 0 bridgehead atoms. The summed E-state index contributed by atoms with van der Waals surface area (Å²) in [5.74, 6) is 1.18. The number of aromatic nitrogens is 2. The van der Waals surface area contributed by atoms with E-state index >= 15 is 0 Å². The molecule has 0 spiro atoms. The molecule has 4 nitrogen and oxygen atoms in total. The molecule has 2 N–H and O–H groups in total. The summed E-state index contributed by atoms with van der Waals surface area (Å²) < 4.78 is 5.32. The molecule has 1 aromatic carbocycles. The number of hydrogen-bond acceptors (Lipinski definition) is 5. The third-order valence-electron chi connectivity index (χ3n) is 2.77. The fraction of sp³-hybridized carbons (Fsp3) is 0.143. The van der Waals surface area contributed by atoms with Crippen LogP contribution in [0.4, 0.5) is 0 Å². The second kappa shape index (κ2) is 5.34. The maximum Gasteiger partial charge on any atom is 0.258 e. The first kappa shape index (κ1) is 12.1. The molecular weight excluding hydrogens is 258 g/mol. The summed E-state index contributed by atoms with van der Waals surface area (Å²) in [5.41, 5.74) is 7.68. The fourth-order valence-electron chi connectivity index (χ4n) is 1.87. The van der Waals surface area contributed by atoms with Gasteiger partial charge in [0, 0.05) is 5.56 Å². The molecule has 96 valence electrons. The van der Waals surface area contributed by atoms with Gasteiger partial charge in [0.2, 0.25) is 5.82 Å². The molecule has 0 aliphatic heterocycles. The van der Waals surface area contributed by atoms with Crippen LogP contribution in [0.3, 0.4) is 0 Å². The van der Waals surface area contributed by atoms with Crippen molar-refractivity contribution < 1.29 is 4.52 Å². The quantitative estimate of drug-likeness (QED) is 0.792. The van der Waals surface area contributed by atoms with Crippen molar-refractivity contribution in [3.63, 3.8) is 0 Å². The van der Waals surface area contributed by atoms with E-state index in [0.717, 1.165) is 16.9 Å². The van der Waals surface area contributed by atoms with E-state index in [1.807, 2.05) is 41.8 Å². The monoisotopic (exact) mass is 271 g/mol. The summed E-state index contributed by atoms with van der Waals surface area (Å²) >= 11 is 1.59. The zero-order valence-electron chi connectivity index (χ0n) is 10.2. The van der Waals surface area contributed by atoms with E-state index in [9.17, 15) is 0 Å². The number of thiophene rings is 1. The van der Waals surface area contributed by atoms with Crippen LogP contribution in [0, 0.1) is 0 Å². The summed E-state index contributed by atoms with van der Waals surface area (Å²) in [6.45, 7) is 0.633. The molecule has 2 heterocycles. The minimum Gasteiger partial charge on any atom is -0.334 e. The summed E-state index contributed by atoms with van der Waals surface area (Å²) in [6, 6.07) is 12.0. The highest BCUT2D eigenvalue weighted by Gasteiger charge is 2.11. The van der Waals surface area contributed by atoms with Crippen LogP contribution in [0.1, 0.15) is 5.56 Å². The number of nitrogens with zero attached hydrogens (tertiary/aromatic N) is 2. The predicted molar refractivity (Wildman–Crippen MR) is 75.8 cm³/mol. The molecule has 0 unspecified atom stereocenters. The van der Waals surface area contributed by atoms with Crippen molar-refractivity contribution in [3.05, 3.63) is 47.3 Å². The van der Waals surface area contributed by atoms with Gasteiger partial charge < -0.3 is 10.3 Å². The van der Waals surface area contributed by atoms with E-state index in [4.69, 9.17) is 10.3 Å². The molecule has 0 amide bonds. The topological polar surface area (TPSA) is 64.9 Å². The Kier molecular flexibility index (Phi) is 3.39. The van der Waals surface area contributed by atoms with Gasteiger partial charge in [-0.25, -0.2) is 0 Å². The van der Waals surface area contributed by atoms with Gasteiger partial charge in [0.15, 0.2) is 0 Å². The lowest BCUT2D eigenvalue weighted by atomic mass is 10.1. The van der Waals surface area contributed by atoms with Gasteiger partial charge in [-0.3, -0.25) is 0 Å². The normalized spacial score (nSPS) is 10.8. The van der Waals surface area contributed by atoms with E-state index in [1.165, 1.54) is 5.56 Å². The van der Waals surface area contributed by atoms with Crippen molar-refractivity contribution >= 4 is 11.3 Å². The second-order valence-electron chi connectivity index (χ2n) is 4.14. The van der Waals surface area contributed by atoms with Crippen LogP contribution >= 0.6 is 11.3 Å². The van der Waals surface area contributed by atoms with Gasteiger partial charge in [0.25, 0.3) is 5.89 Å². The Balaban J connectivity index is 1.92. The predicted octanol–water partition coefficient (Wildman–Crippen LogP) is 2.97. The van der Waals surface area contributed by atoms with Crippen molar-refractivity contribution in [2.24, 2.45) is 5.73 Å². The average Bonchev–Trinajstić information content (AvgIpc) is 3.11. The van der Waals surface area contributed by atoms with Crippen LogP contribution in [-0.4, -0.2) is 16.7 Å². The lowest BCUT2D eigenvalue weighted by Gasteiger charge is -1.99. The van der Waals surface area contributed by atoms with Gasteiger partial charge in [0.1, 0.15) is 0 Å². The van der Waals surface area contributed by atoms with Gasteiger partial charge in [-0.15, -0.1) is 11.3 Å². The highest BCUT2D eigenvalue weighted by Crippen LogP contribution is 2.25. The molecule has 5 heteroatoms. The number of benzene rings is 1. The Bertz CT molecular complexity index is 661. The first-order valence-corrected chi connectivity index (χ1v) is 6.92. The van der Waals surface area contributed by atoms with E-state index in [-0.39, 0.29) is 0 Å². The molecule has 0 saturated carbocycles. The van der Waals surface area contributed by atoms with Crippen LogP contribution in [0.2, 0.25) is 0 Å². The fourth-order valence-corrected chi connectivity index (χ4v) is 2.52. The highest BCUT2D eigenvalue weighted by atomic mass is 32.1. The summed E-state index contributed by atoms with van der Waals surface area (Å²) in [6.07, 6.45) is 0.847. The summed E-state index contributed by atoms with van der Waals surface area (Å²) in [4.78, 5) is 5.43. The zero-order valence-corrected chi connectivity index (χ0v) is 11.1. The molecule has 3 rings (SSSR count). The lowest BCUT2D eigenvalue weighted by Crippen LogP contribution is -2.02. The van der Waals surface area contributed by atoms with Crippen molar-refractivity contribution in [3.8, 4) is 22.2 Å². The van der Waals surface area contributed by atoms with E-state index in [2.05, 4.69) is 10.1 Å². The van der Waals surface area contributed by atoms with Crippen molar-refractivity contribution in [1.29, 1.82) is 0 Å². The minimum atomic E-state index is 0.544. The largest absolute Gasteiger partial charge is 0.334 e. The van der Waals surface area contributed by atoms with E-state index < -0.39 is 0 Å². The Labute approximate surface area is 114 Å². The molecule has 0 atom stereocenters. The molecule has 2 aromatic heterocycles.